The summed E-state index contributed by atoms with van der Waals surface area (Å²) in [5.41, 5.74) is 0. The summed E-state index contributed by atoms with van der Waals surface area (Å²) in [6.07, 6.45) is 1.87. The minimum Gasteiger partial charge on any atom is -0.477 e. The number of carboxylic acids is 1. The average molecular weight is 338 g/mol. The third kappa shape index (κ3) is 4.54. The van der Waals surface area contributed by atoms with Crippen LogP contribution in [0.25, 0.3) is 0 Å². The largest absolute Gasteiger partial charge is 0.477 e. The fraction of sp³-hybridized carbons (Fsp3) is 0.562. The molecule has 2 rings (SSSR count). The van der Waals surface area contributed by atoms with Crippen LogP contribution < -0.4 is 5.32 Å². The van der Waals surface area contributed by atoms with E-state index in [0.717, 1.165) is 24.2 Å². The van der Waals surface area contributed by atoms with Crippen molar-refractivity contribution in [3.8, 4) is 0 Å². The lowest BCUT2D eigenvalue weighted by molar-refractivity contribution is -0.124. The van der Waals surface area contributed by atoms with E-state index < -0.39 is 5.97 Å². The van der Waals surface area contributed by atoms with Gasteiger partial charge in [0.2, 0.25) is 5.91 Å². The van der Waals surface area contributed by atoms with Gasteiger partial charge in [-0.25, -0.2) is 4.79 Å². The molecule has 1 aliphatic heterocycles. The number of carbonyl (C=O) groups is 3. The zero-order valence-electron chi connectivity index (χ0n) is 13.4. The molecular weight excluding hydrogens is 316 g/mol. The van der Waals surface area contributed by atoms with E-state index in [2.05, 4.69) is 5.32 Å². The van der Waals surface area contributed by atoms with Crippen LogP contribution in [0.4, 0.5) is 0 Å². The van der Waals surface area contributed by atoms with Crippen molar-refractivity contribution in [2.45, 2.75) is 26.7 Å². The molecule has 0 bridgehead atoms. The second kappa shape index (κ2) is 7.59. The molecule has 126 valence electrons. The molecule has 1 unspecified atom stereocenters. The molecule has 7 heteroatoms. The van der Waals surface area contributed by atoms with Crippen LogP contribution in [-0.4, -0.2) is 47.4 Å². The molecule has 0 radical (unpaired) electrons. The molecule has 0 aliphatic carbocycles. The number of hydrogen-bond acceptors (Lipinski definition) is 4. The van der Waals surface area contributed by atoms with Crippen LogP contribution in [0, 0.1) is 11.8 Å². The van der Waals surface area contributed by atoms with E-state index in [1.807, 2.05) is 13.8 Å². The van der Waals surface area contributed by atoms with Gasteiger partial charge < -0.3 is 15.3 Å². The molecule has 1 aliphatic rings. The predicted octanol–water partition coefficient (Wildman–Crippen LogP) is 2.07. The Kier molecular flexibility index (Phi) is 5.76. The van der Waals surface area contributed by atoms with Crippen LogP contribution in [0.15, 0.2) is 12.1 Å². The first kappa shape index (κ1) is 17.5. The third-order valence-corrected chi connectivity index (χ3v) is 4.98. The smallest absolute Gasteiger partial charge is 0.345 e. The van der Waals surface area contributed by atoms with Gasteiger partial charge in [-0.15, -0.1) is 11.3 Å². The lowest BCUT2D eigenvalue weighted by atomic mass is 9.97. The van der Waals surface area contributed by atoms with Gasteiger partial charge in [-0.05, 0) is 30.9 Å². The zero-order valence-corrected chi connectivity index (χ0v) is 14.2. The van der Waals surface area contributed by atoms with E-state index in [1.165, 1.54) is 6.07 Å². The third-order valence-electron chi connectivity index (χ3n) is 3.92. The number of aromatic carboxylic acids is 1. The molecule has 1 fully saturated rings. The van der Waals surface area contributed by atoms with Gasteiger partial charge in [0.1, 0.15) is 4.88 Å². The number of carboxylic acid groups (broad SMARTS) is 1. The van der Waals surface area contributed by atoms with Crippen LogP contribution in [0.1, 0.15) is 46.0 Å². The number of carbonyl (C=O) groups excluding carboxylic acids is 2. The standard InChI is InChI=1S/C16H22N2O4S/c1-10(2)14(19)17-8-11-4-3-7-18(9-11)15(20)12-5-6-13(23-12)16(21)22/h5-6,10-11H,3-4,7-9H2,1-2H3,(H,17,19)(H,21,22). The fourth-order valence-electron chi connectivity index (χ4n) is 2.59. The van der Waals surface area contributed by atoms with Crippen LogP contribution in [-0.2, 0) is 4.79 Å². The van der Waals surface area contributed by atoms with Gasteiger partial charge in [-0.1, -0.05) is 13.8 Å². The Bertz CT molecular complexity index is 597. The van der Waals surface area contributed by atoms with Crippen molar-refractivity contribution >= 4 is 29.1 Å². The minimum absolute atomic E-state index is 0.0257. The van der Waals surface area contributed by atoms with Crippen LogP contribution >= 0.6 is 11.3 Å². The lowest BCUT2D eigenvalue weighted by Gasteiger charge is -2.32. The first-order chi connectivity index (χ1) is 10.9. The van der Waals surface area contributed by atoms with E-state index in [-0.39, 0.29) is 28.5 Å². The monoisotopic (exact) mass is 338 g/mol. The predicted molar refractivity (Wildman–Crippen MR) is 87.8 cm³/mol. The van der Waals surface area contributed by atoms with Crippen molar-refractivity contribution in [2.75, 3.05) is 19.6 Å². The minimum atomic E-state index is -1.01. The second-order valence-corrected chi connectivity index (χ2v) is 7.21. The highest BCUT2D eigenvalue weighted by atomic mass is 32.1. The lowest BCUT2D eigenvalue weighted by Crippen LogP contribution is -2.44. The first-order valence-electron chi connectivity index (χ1n) is 7.78. The molecule has 2 amide bonds. The maximum absolute atomic E-state index is 12.5. The average Bonchev–Trinajstić information content (AvgIpc) is 3.02. The first-order valence-corrected chi connectivity index (χ1v) is 8.60. The quantitative estimate of drug-likeness (QED) is 0.860. The van der Waals surface area contributed by atoms with E-state index >= 15 is 0 Å². The summed E-state index contributed by atoms with van der Waals surface area (Å²) in [6.45, 7) is 5.54. The van der Waals surface area contributed by atoms with Gasteiger partial charge in [-0.3, -0.25) is 9.59 Å². The maximum atomic E-state index is 12.5. The Balaban J connectivity index is 1.93. The summed E-state index contributed by atoms with van der Waals surface area (Å²) in [5.74, 6) is -0.909. The summed E-state index contributed by atoms with van der Waals surface area (Å²) < 4.78 is 0. The van der Waals surface area contributed by atoms with E-state index in [1.54, 1.807) is 11.0 Å². The van der Waals surface area contributed by atoms with Gasteiger partial charge in [0.25, 0.3) is 5.91 Å². The van der Waals surface area contributed by atoms with Crippen molar-refractivity contribution in [1.82, 2.24) is 10.2 Å². The Morgan fingerprint density at radius 1 is 1.35 bits per heavy atom. The molecule has 1 aromatic rings. The Labute approximate surface area is 139 Å². The molecule has 2 heterocycles. The molecule has 6 nitrogen and oxygen atoms in total. The van der Waals surface area contributed by atoms with E-state index in [9.17, 15) is 14.4 Å². The number of nitrogens with zero attached hydrogens (tertiary/aromatic N) is 1. The maximum Gasteiger partial charge on any atom is 0.345 e. The van der Waals surface area contributed by atoms with Crippen LogP contribution in [0.5, 0.6) is 0 Å². The van der Waals surface area contributed by atoms with Crippen LogP contribution in [0.2, 0.25) is 0 Å². The van der Waals surface area contributed by atoms with Crippen molar-refractivity contribution in [2.24, 2.45) is 11.8 Å². The Hall–Kier alpha value is -1.89. The SMILES string of the molecule is CC(C)C(=O)NCC1CCCN(C(=O)c2ccc(C(=O)O)s2)C1. The second-order valence-electron chi connectivity index (χ2n) is 6.13. The number of hydrogen-bond donors (Lipinski definition) is 2. The molecule has 1 aromatic heterocycles. The highest BCUT2D eigenvalue weighted by Gasteiger charge is 2.26. The fourth-order valence-corrected chi connectivity index (χ4v) is 3.40. The number of piperidine rings is 1. The van der Waals surface area contributed by atoms with Gasteiger partial charge in [-0.2, -0.15) is 0 Å². The normalized spacial score (nSPS) is 18.0. The van der Waals surface area contributed by atoms with Gasteiger partial charge in [0.05, 0.1) is 4.88 Å². The van der Waals surface area contributed by atoms with Crippen molar-refractivity contribution in [1.29, 1.82) is 0 Å². The summed E-state index contributed by atoms with van der Waals surface area (Å²) in [7, 11) is 0. The number of likely N-dealkylation sites (tertiary alicyclic amines) is 1. The molecule has 2 N–H and O–H groups in total. The number of amides is 2. The highest BCUT2D eigenvalue weighted by molar-refractivity contribution is 7.15. The summed E-state index contributed by atoms with van der Waals surface area (Å²) in [6, 6.07) is 3.03. The molecule has 0 saturated carbocycles. The number of nitrogens with one attached hydrogen (secondary N) is 1. The van der Waals surface area contributed by atoms with Crippen molar-refractivity contribution in [3.05, 3.63) is 21.9 Å². The van der Waals surface area contributed by atoms with Gasteiger partial charge in [0, 0.05) is 25.6 Å². The van der Waals surface area contributed by atoms with E-state index in [0.29, 0.717) is 24.5 Å². The summed E-state index contributed by atoms with van der Waals surface area (Å²) in [5, 5.41) is 11.9. The molecule has 0 spiro atoms. The highest BCUT2D eigenvalue weighted by Crippen LogP contribution is 2.22. The Morgan fingerprint density at radius 3 is 2.65 bits per heavy atom. The molecule has 0 aromatic carbocycles. The van der Waals surface area contributed by atoms with Crippen LogP contribution in [0.3, 0.4) is 0 Å². The van der Waals surface area contributed by atoms with Gasteiger partial charge >= 0.3 is 5.97 Å². The van der Waals surface area contributed by atoms with Gasteiger partial charge in [0.15, 0.2) is 0 Å². The van der Waals surface area contributed by atoms with Crippen molar-refractivity contribution in [3.63, 3.8) is 0 Å². The molecular formula is C16H22N2O4S. The number of thiophene rings is 1. The Morgan fingerprint density at radius 2 is 2.04 bits per heavy atom. The number of rotatable bonds is 5. The molecule has 1 saturated heterocycles. The summed E-state index contributed by atoms with van der Waals surface area (Å²) in [4.78, 5) is 37.4. The zero-order chi connectivity index (χ0) is 17.0. The van der Waals surface area contributed by atoms with Crippen molar-refractivity contribution < 1.29 is 19.5 Å². The van der Waals surface area contributed by atoms with E-state index in [4.69, 9.17) is 5.11 Å². The summed E-state index contributed by atoms with van der Waals surface area (Å²) >= 11 is 1.01. The topological polar surface area (TPSA) is 86.7 Å². The molecule has 23 heavy (non-hydrogen) atoms. The molecule has 1 atom stereocenters.